The number of benzene rings is 2. The first kappa shape index (κ1) is 29.5. The summed E-state index contributed by atoms with van der Waals surface area (Å²) >= 11 is 0. The average Bonchev–Trinajstić information content (AvgIpc) is 3.22. The van der Waals surface area contributed by atoms with Crippen LogP contribution in [-0.2, 0) is 4.79 Å². The number of rotatable bonds is 1. The minimum absolute atomic E-state index is 0. The number of hydrogen-bond acceptors (Lipinski definition) is 5. The third kappa shape index (κ3) is 10.6. The second-order valence-corrected chi connectivity index (χ2v) is 6.35. The van der Waals surface area contributed by atoms with Crippen molar-refractivity contribution in [3.05, 3.63) is 71.0 Å². The molecule has 3 rings (SSSR count). The van der Waals surface area contributed by atoms with Gasteiger partial charge in [0, 0.05) is 5.92 Å². The summed E-state index contributed by atoms with van der Waals surface area (Å²) in [6.07, 6.45) is 1.66. The number of para-hydroxylation sites is 1. The van der Waals surface area contributed by atoms with Crippen LogP contribution in [0.2, 0.25) is 0 Å². The minimum atomic E-state index is -1.24. The number of allylic oxidation sites excluding steroid dienone is 1. The van der Waals surface area contributed by atoms with Gasteiger partial charge >= 0.3 is 5.97 Å². The van der Waals surface area contributed by atoms with Crippen molar-refractivity contribution in [3.8, 4) is 94.7 Å². The zero-order chi connectivity index (χ0) is 26.7. The largest absolute Gasteiger partial charge is 0.472 e. The fourth-order valence-corrected chi connectivity index (χ4v) is 2.44. The van der Waals surface area contributed by atoms with Crippen LogP contribution in [0.25, 0.3) is 6.08 Å². The molecule has 2 aromatic rings. The van der Waals surface area contributed by atoms with E-state index in [9.17, 15) is 9.59 Å². The molecule has 0 radical (unpaired) electrons. The molecule has 0 unspecified atom stereocenters. The molecule has 0 saturated carbocycles. The quantitative estimate of drug-likeness (QED) is 0.465. The lowest BCUT2D eigenvalue weighted by atomic mass is 10.1. The second-order valence-electron chi connectivity index (χ2n) is 6.35. The van der Waals surface area contributed by atoms with Crippen LogP contribution in [0.3, 0.4) is 0 Å². The first-order valence-electron chi connectivity index (χ1n) is 10.2. The third-order valence-corrected chi connectivity index (χ3v) is 3.87. The van der Waals surface area contributed by atoms with Crippen LogP contribution in [0.1, 0.15) is 28.4 Å². The van der Waals surface area contributed by atoms with E-state index < -0.39 is 5.97 Å². The number of nitrogens with zero attached hydrogens (tertiary/aromatic N) is 1. The highest BCUT2D eigenvalue weighted by Crippen LogP contribution is 2.31. The predicted octanol–water partition coefficient (Wildman–Crippen LogP) is 3.45. The third-order valence-electron chi connectivity index (χ3n) is 3.87. The summed E-state index contributed by atoms with van der Waals surface area (Å²) in [7, 11) is 0. The number of carbonyl (C=O) groups excluding carboxylic acids is 1. The van der Waals surface area contributed by atoms with Gasteiger partial charge < -0.3 is 16.0 Å². The van der Waals surface area contributed by atoms with Crippen molar-refractivity contribution in [2.24, 2.45) is 0 Å². The van der Waals surface area contributed by atoms with E-state index in [4.69, 9.17) is 15.1 Å². The van der Waals surface area contributed by atoms with Gasteiger partial charge in [-0.2, -0.15) is 5.26 Å². The van der Waals surface area contributed by atoms with Crippen molar-refractivity contribution in [2.75, 3.05) is 0 Å². The van der Waals surface area contributed by atoms with E-state index >= 15 is 0 Å². The van der Waals surface area contributed by atoms with Crippen LogP contribution >= 0.6 is 0 Å². The molecule has 2 aromatic carbocycles. The SMILES string of the molecule is CC#CC#CC#CC#CC#CC#CC#CC(=O)O.N.N#Cc1cccc(/C=C2\Oc3ccccc3C2=O)c1. The molecule has 1 aliphatic rings. The first-order valence-corrected chi connectivity index (χ1v) is 10.2. The molecule has 4 N–H and O–H groups in total. The molecule has 0 atom stereocenters. The lowest BCUT2D eigenvalue weighted by molar-refractivity contribution is -0.130. The molecule has 6 nitrogen and oxygen atoms in total. The minimum Gasteiger partial charge on any atom is -0.472 e. The van der Waals surface area contributed by atoms with Gasteiger partial charge in [0.1, 0.15) is 5.75 Å². The molecule has 178 valence electrons. The molecule has 0 bridgehead atoms. The van der Waals surface area contributed by atoms with Gasteiger partial charge in [-0.25, -0.2) is 4.79 Å². The zero-order valence-corrected chi connectivity index (χ0v) is 20.0. The maximum atomic E-state index is 12.1. The van der Waals surface area contributed by atoms with Gasteiger partial charge in [-0.15, -0.1) is 0 Å². The summed E-state index contributed by atoms with van der Waals surface area (Å²) in [6.45, 7) is 1.68. The van der Waals surface area contributed by atoms with E-state index in [1.54, 1.807) is 49.4 Å². The average molecular weight is 492 g/mol. The fourth-order valence-electron chi connectivity index (χ4n) is 2.44. The highest BCUT2D eigenvalue weighted by Gasteiger charge is 2.26. The number of carboxylic acid groups (broad SMARTS) is 1. The number of ketones is 1. The molecule has 0 saturated heterocycles. The number of fused-ring (bicyclic) bond motifs is 1. The smallest absolute Gasteiger partial charge is 0.382 e. The first-order chi connectivity index (χ1) is 18.0. The normalized spacial score (nSPS) is 9.58. The van der Waals surface area contributed by atoms with E-state index in [0.717, 1.165) is 5.56 Å². The van der Waals surface area contributed by atoms with E-state index in [2.05, 4.69) is 83.0 Å². The monoisotopic (exact) mass is 492 g/mol. The summed E-state index contributed by atoms with van der Waals surface area (Å²) in [6, 6.07) is 16.2. The Morgan fingerprint density at radius 1 is 0.842 bits per heavy atom. The second kappa shape index (κ2) is 17.0. The van der Waals surface area contributed by atoms with Gasteiger partial charge in [0.25, 0.3) is 0 Å². The molecular weight excluding hydrogens is 476 g/mol. The number of nitriles is 1. The molecule has 38 heavy (non-hydrogen) atoms. The summed E-state index contributed by atoms with van der Waals surface area (Å²) < 4.78 is 5.53. The maximum absolute atomic E-state index is 12.1. The topological polar surface area (TPSA) is 122 Å². The lowest BCUT2D eigenvalue weighted by Crippen LogP contribution is -1.98. The Hall–Kier alpha value is -6.51. The van der Waals surface area contributed by atoms with E-state index in [1.165, 1.54) is 0 Å². The Morgan fingerprint density at radius 2 is 1.42 bits per heavy atom. The molecule has 0 spiro atoms. The Kier molecular flexibility index (Phi) is 13.2. The number of Topliss-reactive ketones (excluding diaryl/α,β-unsaturated/α-hetero) is 1. The number of carbonyl (C=O) groups is 2. The number of ether oxygens (including phenoxy) is 1. The highest BCUT2D eigenvalue weighted by atomic mass is 16.5. The van der Waals surface area contributed by atoms with E-state index in [1.807, 2.05) is 18.1 Å². The van der Waals surface area contributed by atoms with Gasteiger partial charge in [-0.1, -0.05) is 30.2 Å². The molecule has 0 amide bonds. The van der Waals surface area contributed by atoms with Crippen molar-refractivity contribution in [1.82, 2.24) is 6.15 Å². The number of aliphatic carboxylic acids is 1. The molecule has 1 heterocycles. The highest BCUT2D eigenvalue weighted by molar-refractivity contribution is 6.14. The summed E-state index contributed by atoms with van der Waals surface area (Å²) in [5.74, 6) is 32.6. The van der Waals surface area contributed by atoms with Gasteiger partial charge in [-0.3, -0.25) is 4.79 Å². The van der Waals surface area contributed by atoms with E-state index in [-0.39, 0.29) is 17.7 Å². The molecule has 0 aromatic heterocycles. The van der Waals surface area contributed by atoms with Crippen molar-refractivity contribution in [3.63, 3.8) is 0 Å². The Morgan fingerprint density at radius 3 is 1.97 bits per heavy atom. The van der Waals surface area contributed by atoms with Crippen LogP contribution in [0.15, 0.2) is 54.3 Å². The van der Waals surface area contributed by atoms with Crippen LogP contribution in [0.5, 0.6) is 5.75 Å². The molecular formula is C32H16N2O4. The predicted molar refractivity (Wildman–Crippen MR) is 143 cm³/mol. The van der Waals surface area contributed by atoms with Crippen molar-refractivity contribution in [1.29, 1.82) is 5.26 Å². The number of carboxylic acids is 1. The molecule has 1 aliphatic heterocycles. The molecule has 0 fully saturated rings. The van der Waals surface area contributed by atoms with Crippen molar-refractivity contribution in [2.45, 2.75) is 6.92 Å². The standard InChI is InChI=1S/C16H9NO2.C16H4O2.H3N/c17-10-12-5-3-4-11(8-12)9-15-16(18)13-6-1-2-7-14(13)19-15;1-2-3-4-5-6-7-8-9-10-11-12-13-14-15-16(17)18;/h1-9H;1H3,(H,17,18);1H3/b15-9-;;. The lowest BCUT2D eigenvalue weighted by Gasteiger charge is -1.98. The zero-order valence-electron chi connectivity index (χ0n) is 20.0. The maximum Gasteiger partial charge on any atom is 0.382 e. The van der Waals surface area contributed by atoms with Crippen molar-refractivity contribution < 1.29 is 19.4 Å². The van der Waals surface area contributed by atoms with Crippen LogP contribution in [0, 0.1) is 94.2 Å². The summed E-state index contributed by atoms with van der Waals surface area (Å²) in [4.78, 5) is 22.1. The fraction of sp³-hybridized carbons (Fsp3) is 0.0312. The molecule has 0 aliphatic carbocycles. The number of hydrogen-bond donors (Lipinski definition) is 2. The summed E-state index contributed by atoms with van der Waals surface area (Å²) in [5.41, 5.74) is 1.90. The van der Waals surface area contributed by atoms with Crippen molar-refractivity contribution >= 4 is 17.8 Å². The van der Waals surface area contributed by atoms with E-state index in [0.29, 0.717) is 16.9 Å². The Bertz CT molecular complexity index is 1760. The van der Waals surface area contributed by atoms with Crippen LogP contribution in [0.4, 0.5) is 0 Å². The Balaban J connectivity index is 0.000000371. The molecule has 6 heteroatoms. The van der Waals surface area contributed by atoms with Crippen LogP contribution < -0.4 is 10.9 Å². The van der Waals surface area contributed by atoms with Gasteiger partial charge in [0.05, 0.1) is 17.2 Å². The van der Waals surface area contributed by atoms with Gasteiger partial charge in [0.15, 0.2) is 5.76 Å². The Labute approximate surface area is 221 Å². The van der Waals surface area contributed by atoms with Crippen LogP contribution in [-0.4, -0.2) is 16.9 Å². The summed E-state index contributed by atoms with van der Waals surface area (Å²) in [5, 5.41) is 17.0. The van der Waals surface area contributed by atoms with Gasteiger partial charge in [0.2, 0.25) is 5.78 Å². The van der Waals surface area contributed by atoms with Gasteiger partial charge in [-0.05, 0) is 114 Å².